The van der Waals surface area contributed by atoms with Crippen LogP contribution in [-0.2, 0) is 9.59 Å². The molecule has 1 aliphatic carbocycles. The summed E-state index contributed by atoms with van der Waals surface area (Å²) < 4.78 is 2.03. The van der Waals surface area contributed by atoms with Gasteiger partial charge in [-0.15, -0.1) is 0 Å². The van der Waals surface area contributed by atoms with Crippen molar-refractivity contribution in [2.24, 2.45) is 11.7 Å². The van der Waals surface area contributed by atoms with E-state index >= 15 is 0 Å². The summed E-state index contributed by atoms with van der Waals surface area (Å²) in [5.41, 5.74) is 8.15. The highest BCUT2D eigenvalue weighted by molar-refractivity contribution is 5.78. The van der Waals surface area contributed by atoms with Gasteiger partial charge in [0.25, 0.3) is 12.0 Å². The molecule has 42 heavy (non-hydrogen) atoms. The lowest BCUT2D eigenvalue weighted by Crippen LogP contribution is -2.53. The number of nitrogens with zero attached hydrogens (tertiary/aromatic N) is 3. The summed E-state index contributed by atoms with van der Waals surface area (Å²) in [5, 5.41) is 10.7. The number of hydrogen-bond donors (Lipinski definition) is 3. The Hall–Kier alpha value is -2.78. The third kappa shape index (κ3) is 7.78. The van der Waals surface area contributed by atoms with E-state index in [4.69, 9.17) is 20.6 Å². The molecule has 2 bridgehead atoms. The minimum atomic E-state index is -0.250. The Morgan fingerprint density at radius 2 is 1.69 bits per heavy atom. The standard InChI is InChI=1S/C24H32N4O2.C8H17N.CH2O2/c1-3-27-21(9-6-10-22(27)29)23-24(30)28(20-8-5-4-7-18(20)26-23)17-13-16-12-11-15(2)19(14-17)25-16;9-8-6-4-2-1-3-5-7-8;2-1-3/h4-5,7-8,15-17,19,21,25H,3,6,9-14H2,1-2H3;8H,1-7,9H2;1H,(H,2,3). The highest BCUT2D eigenvalue weighted by atomic mass is 16.3. The van der Waals surface area contributed by atoms with Gasteiger partial charge in [0.2, 0.25) is 5.91 Å². The van der Waals surface area contributed by atoms with Gasteiger partial charge in [-0.2, -0.15) is 0 Å². The van der Waals surface area contributed by atoms with Crippen LogP contribution in [-0.4, -0.2) is 56.6 Å². The van der Waals surface area contributed by atoms with Gasteiger partial charge in [0.15, 0.2) is 0 Å². The zero-order chi connectivity index (χ0) is 30.1. The van der Waals surface area contributed by atoms with Crippen LogP contribution in [0.3, 0.4) is 0 Å². The second-order valence-electron chi connectivity index (χ2n) is 12.6. The Bertz CT molecular complexity index is 1220. The second kappa shape index (κ2) is 15.6. The highest BCUT2D eigenvalue weighted by Gasteiger charge is 2.38. The molecule has 0 radical (unpaired) electrons. The number of piperidine rings is 3. The normalized spacial score (nSPS) is 28.4. The molecule has 9 nitrogen and oxygen atoms in total. The molecule has 6 rings (SSSR count). The molecule has 2 aromatic rings. The third-order valence-corrected chi connectivity index (χ3v) is 9.75. The SMILES string of the molecule is CCN1C(=O)CCCC1c1nc2ccccc2n(C2CC3CCC(C)C(C2)N3)c1=O.NC1CCCCCCC1.O=CO. The first-order valence-corrected chi connectivity index (χ1v) is 16.3. The van der Waals surface area contributed by atoms with Crippen molar-refractivity contribution < 1.29 is 14.7 Å². The van der Waals surface area contributed by atoms with Gasteiger partial charge in [0.1, 0.15) is 5.69 Å². The van der Waals surface area contributed by atoms with E-state index in [0.717, 1.165) is 36.7 Å². The lowest BCUT2D eigenvalue weighted by molar-refractivity contribution is -0.136. The van der Waals surface area contributed by atoms with E-state index in [1.807, 2.05) is 40.7 Å². The van der Waals surface area contributed by atoms with E-state index in [0.29, 0.717) is 42.7 Å². The van der Waals surface area contributed by atoms with Crippen molar-refractivity contribution in [3.05, 3.63) is 40.3 Å². The lowest BCUT2D eigenvalue weighted by atomic mass is 9.78. The van der Waals surface area contributed by atoms with Crippen molar-refractivity contribution in [3.63, 3.8) is 0 Å². The van der Waals surface area contributed by atoms with Gasteiger partial charge in [0.05, 0.1) is 17.1 Å². The molecule has 3 aliphatic heterocycles. The summed E-state index contributed by atoms with van der Waals surface area (Å²) in [4.78, 5) is 41.5. The van der Waals surface area contributed by atoms with Crippen molar-refractivity contribution in [2.45, 2.75) is 134 Å². The molecular formula is C33H51N5O4. The van der Waals surface area contributed by atoms with E-state index in [1.165, 1.54) is 57.8 Å². The third-order valence-electron chi connectivity index (χ3n) is 9.75. The van der Waals surface area contributed by atoms with Crippen LogP contribution in [0, 0.1) is 5.92 Å². The number of likely N-dealkylation sites (tertiary alicyclic amines) is 1. The van der Waals surface area contributed by atoms with Gasteiger partial charge in [-0.3, -0.25) is 14.4 Å². The Balaban J connectivity index is 0.000000284. The van der Waals surface area contributed by atoms with Gasteiger partial charge < -0.3 is 25.6 Å². The van der Waals surface area contributed by atoms with Crippen molar-refractivity contribution in [1.82, 2.24) is 19.8 Å². The van der Waals surface area contributed by atoms with Crippen molar-refractivity contribution in [3.8, 4) is 0 Å². The minimum Gasteiger partial charge on any atom is -0.483 e. The fourth-order valence-corrected chi connectivity index (χ4v) is 7.47. The van der Waals surface area contributed by atoms with Gasteiger partial charge in [0, 0.05) is 37.1 Å². The molecule has 1 aromatic heterocycles. The summed E-state index contributed by atoms with van der Waals surface area (Å²) in [7, 11) is 0. The van der Waals surface area contributed by atoms with Crippen molar-refractivity contribution in [2.75, 3.05) is 6.54 Å². The van der Waals surface area contributed by atoms with E-state index in [9.17, 15) is 9.59 Å². The molecule has 1 amide bonds. The number of carbonyl (C=O) groups is 2. The lowest BCUT2D eigenvalue weighted by Gasteiger charge is -2.44. The van der Waals surface area contributed by atoms with Gasteiger partial charge in [-0.05, 0) is 76.3 Å². The maximum atomic E-state index is 13.9. The number of carboxylic acid groups (broad SMARTS) is 1. The van der Waals surface area contributed by atoms with Crippen molar-refractivity contribution >= 4 is 23.4 Å². The van der Waals surface area contributed by atoms with Crippen LogP contribution in [0.1, 0.15) is 122 Å². The molecule has 4 fully saturated rings. The van der Waals surface area contributed by atoms with Crippen LogP contribution in [0.2, 0.25) is 0 Å². The van der Waals surface area contributed by atoms with Crippen LogP contribution < -0.4 is 16.6 Å². The van der Waals surface area contributed by atoms with Crippen LogP contribution >= 0.6 is 0 Å². The monoisotopic (exact) mass is 581 g/mol. The first kappa shape index (κ1) is 32.1. The second-order valence-corrected chi connectivity index (χ2v) is 12.6. The number of aromatic nitrogens is 2. The fourth-order valence-electron chi connectivity index (χ4n) is 7.47. The number of nitrogens with one attached hydrogen (secondary N) is 1. The zero-order valence-electron chi connectivity index (χ0n) is 25.5. The topological polar surface area (TPSA) is 131 Å². The number of carbonyl (C=O) groups excluding carboxylic acids is 1. The number of benzene rings is 1. The molecule has 4 heterocycles. The summed E-state index contributed by atoms with van der Waals surface area (Å²) in [6.07, 6.45) is 16.1. The quantitative estimate of drug-likeness (QED) is 0.418. The largest absolute Gasteiger partial charge is 0.483 e. The first-order valence-electron chi connectivity index (χ1n) is 16.3. The zero-order valence-corrected chi connectivity index (χ0v) is 25.5. The van der Waals surface area contributed by atoms with Gasteiger partial charge in [-0.25, -0.2) is 4.98 Å². The number of para-hydroxylation sites is 2. The number of fused-ring (bicyclic) bond motifs is 3. The minimum absolute atomic E-state index is 0.00414. The summed E-state index contributed by atoms with van der Waals surface area (Å²) in [6, 6.07) is 9.44. The fraction of sp³-hybridized carbons (Fsp3) is 0.697. The van der Waals surface area contributed by atoms with Crippen LogP contribution in [0.5, 0.6) is 0 Å². The van der Waals surface area contributed by atoms with Gasteiger partial charge in [-0.1, -0.05) is 51.2 Å². The van der Waals surface area contributed by atoms with Gasteiger partial charge >= 0.3 is 0 Å². The molecule has 9 heteroatoms. The molecule has 4 aliphatic rings. The average Bonchev–Trinajstić information content (AvgIpc) is 2.97. The van der Waals surface area contributed by atoms with Crippen LogP contribution in [0.15, 0.2) is 29.1 Å². The molecule has 1 saturated carbocycles. The summed E-state index contributed by atoms with van der Waals surface area (Å²) >= 11 is 0. The van der Waals surface area contributed by atoms with E-state index in [1.54, 1.807) is 0 Å². The number of hydrogen-bond acceptors (Lipinski definition) is 6. The number of amides is 1. The Labute approximate surface area is 250 Å². The first-order chi connectivity index (χ1) is 20.4. The molecule has 5 atom stereocenters. The number of nitrogens with two attached hydrogens (primary N) is 1. The predicted molar refractivity (Wildman–Crippen MR) is 166 cm³/mol. The Kier molecular flexibility index (Phi) is 12.0. The molecule has 0 spiro atoms. The highest BCUT2D eigenvalue weighted by Crippen LogP contribution is 2.37. The molecule has 232 valence electrons. The predicted octanol–water partition coefficient (Wildman–Crippen LogP) is 5.32. The number of rotatable bonds is 3. The smallest absolute Gasteiger partial charge is 0.290 e. The summed E-state index contributed by atoms with van der Waals surface area (Å²) in [5.74, 6) is 0.777. The average molecular weight is 582 g/mol. The molecule has 5 unspecified atom stereocenters. The Morgan fingerprint density at radius 3 is 2.40 bits per heavy atom. The van der Waals surface area contributed by atoms with Crippen LogP contribution in [0.4, 0.5) is 0 Å². The molecular weight excluding hydrogens is 530 g/mol. The maximum absolute atomic E-state index is 13.9. The maximum Gasteiger partial charge on any atom is 0.290 e. The molecule has 4 N–H and O–H groups in total. The van der Waals surface area contributed by atoms with E-state index in [-0.39, 0.29) is 30.0 Å². The molecule has 3 saturated heterocycles. The Morgan fingerprint density at radius 1 is 1.00 bits per heavy atom. The van der Waals surface area contributed by atoms with Crippen molar-refractivity contribution in [1.29, 1.82) is 0 Å². The summed E-state index contributed by atoms with van der Waals surface area (Å²) in [6.45, 7) is 4.68. The van der Waals surface area contributed by atoms with E-state index in [2.05, 4.69) is 12.2 Å². The molecule has 1 aromatic carbocycles. The van der Waals surface area contributed by atoms with Crippen LogP contribution in [0.25, 0.3) is 11.0 Å². The van der Waals surface area contributed by atoms with E-state index < -0.39 is 0 Å².